The molecule has 1 unspecified atom stereocenters. The molecule has 1 aromatic rings. The number of Topliss-reactive ketones (excluding diaryl/α,β-unsaturated/α-hetero) is 1. The fraction of sp³-hybridized carbons (Fsp3) is 0.357. The van der Waals surface area contributed by atoms with Crippen molar-refractivity contribution in [1.82, 2.24) is 0 Å². The zero-order valence-corrected chi connectivity index (χ0v) is 11.7. The second kappa shape index (κ2) is 5.43. The van der Waals surface area contributed by atoms with E-state index in [1.54, 1.807) is 6.92 Å². The van der Waals surface area contributed by atoms with Crippen molar-refractivity contribution in [3.05, 3.63) is 42.1 Å². The van der Waals surface area contributed by atoms with E-state index in [0.29, 0.717) is 5.20 Å². The van der Waals surface area contributed by atoms with Crippen molar-refractivity contribution in [1.29, 1.82) is 0 Å². The maximum absolute atomic E-state index is 11.9. The van der Waals surface area contributed by atoms with Crippen LogP contribution in [0.4, 0.5) is 0 Å². The molecule has 1 aromatic carbocycles. The summed E-state index contributed by atoms with van der Waals surface area (Å²) in [7, 11) is -1.97. The van der Waals surface area contributed by atoms with Crippen LogP contribution >= 0.6 is 0 Å². The fourth-order valence-electron chi connectivity index (χ4n) is 1.77. The molecular weight excluding hydrogens is 228 g/mol. The number of allylic oxidation sites excluding steroid dienone is 1. The number of rotatable bonds is 5. The van der Waals surface area contributed by atoms with E-state index in [4.69, 9.17) is 0 Å². The first kappa shape index (κ1) is 13.9. The van der Waals surface area contributed by atoms with Gasteiger partial charge in [0.1, 0.15) is 8.07 Å². The van der Waals surface area contributed by atoms with Crippen LogP contribution in [-0.4, -0.2) is 25.1 Å². The molecule has 0 radical (unpaired) electrons. The molecule has 3 heteroatoms. The lowest BCUT2D eigenvalue weighted by atomic mass is 10.2. The summed E-state index contributed by atoms with van der Waals surface area (Å²) in [6.45, 7) is 9.82. The van der Waals surface area contributed by atoms with Crippen molar-refractivity contribution in [3.63, 3.8) is 0 Å². The predicted molar refractivity (Wildman–Crippen MR) is 74.0 cm³/mol. The van der Waals surface area contributed by atoms with Crippen molar-refractivity contribution in [2.24, 2.45) is 0 Å². The number of carbonyl (C=O) groups excluding carboxylic acids is 1. The Labute approximate surface area is 104 Å². The van der Waals surface area contributed by atoms with Crippen molar-refractivity contribution in [3.8, 4) is 0 Å². The predicted octanol–water partition coefficient (Wildman–Crippen LogP) is 2.04. The number of ketones is 1. The van der Waals surface area contributed by atoms with Crippen LogP contribution in [0.1, 0.15) is 13.3 Å². The Balaban J connectivity index is 2.91. The third kappa shape index (κ3) is 3.38. The van der Waals surface area contributed by atoms with Gasteiger partial charge in [0.05, 0.1) is 6.10 Å². The molecule has 2 nitrogen and oxygen atoms in total. The van der Waals surface area contributed by atoms with Gasteiger partial charge >= 0.3 is 0 Å². The zero-order chi connectivity index (χ0) is 13.1. The van der Waals surface area contributed by atoms with Gasteiger partial charge in [0.25, 0.3) is 0 Å². The Hall–Kier alpha value is -1.19. The van der Waals surface area contributed by atoms with Crippen molar-refractivity contribution in [2.75, 3.05) is 0 Å². The smallest absolute Gasteiger partial charge is 0.157 e. The van der Waals surface area contributed by atoms with Gasteiger partial charge in [-0.05, 0) is 12.1 Å². The van der Waals surface area contributed by atoms with Crippen LogP contribution in [0.3, 0.4) is 0 Å². The van der Waals surface area contributed by atoms with Gasteiger partial charge in [-0.3, -0.25) is 4.79 Å². The second-order valence-corrected chi connectivity index (χ2v) is 9.38. The lowest BCUT2D eigenvalue weighted by Crippen LogP contribution is -2.46. The second-order valence-electron chi connectivity index (χ2n) is 4.95. The molecule has 0 saturated carbocycles. The number of hydrogen-bond acceptors (Lipinski definition) is 2. The maximum Gasteiger partial charge on any atom is 0.157 e. The monoisotopic (exact) mass is 248 g/mol. The highest BCUT2D eigenvalue weighted by molar-refractivity contribution is 6.98. The Morgan fingerprint density at radius 3 is 2.35 bits per heavy atom. The first-order chi connectivity index (χ1) is 7.85. The standard InChI is InChI=1S/C14H20O2Si/c1-11(15)10-14(16)12(2)17(3,4)13-8-6-5-7-9-13/h5-9,11,15H,2,10H2,1,3-4H3. The Morgan fingerprint density at radius 1 is 1.35 bits per heavy atom. The largest absolute Gasteiger partial charge is 0.393 e. The van der Waals surface area contributed by atoms with E-state index in [2.05, 4.69) is 19.7 Å². The van der Waals surface area contributed by atoms with Crippen LogP contribution in [-0.2, 0) is 4.79 Å². The van der Waals surface area contributed by atoms with E-state index in [1.807, 2.05) is 30.3 Å². The summed E-state index contributed by atoms with van der Waals surface area (Å²) in [4.78, 5) is 11.9. The third-order valence-corrected chi connectivity index (χ3v) is 6.63. The molecular formula is C14H20O2Si. The van der Waals surface area contributed by atoms with E-state index in [9.17, 15) is 9.90 Å². The average Bonchev–Trinajstić information content (AvgIpc) is 2.28. The summed E-state index contributed by atoms with van der Waals surface area (Å²) in [5.41, 5.74) is 0. The van der Waals surface area contributed by atoms with Gasteiger partial charge in [-0.25, -0.2) is 0 Å². The van der Waals surface area contributed by atoms with Gasteiger partial charge in [-0.1, -0.05) is 55.2 Å². The van der Waals surface area contributed by atoms with Crippen LogP contribution in [0.2, 0.25) is 13.1 Å². The molecule has 0 fully saturated rings. The molecule has 1 N–H and O–H groups in total. The third-order valence-electron chi connectivity index (χ3n) is 3.07. The van der Waals surface area contributed by atoms with Crippen LogP contribution in [0.15, 0.2) is 42.1 Å². The van der Waals surface area contributed by atoms with Crippen LogP contribution in [0, 0.1) is 0 Å². The molecule has 92 valence electrons. The lowest BCUT2D eigenvalue weighted by Gasteiger charge is -2.25. The number of hydrogen-bond donors (Lipinski definition) is 1. The Morgan fingerprint density at radius 2 is 1.88 bits per heavy atom. The molecule has 0 amide bonds. The highest BCUT2D eigenvalue weighted by Crippen LogP contribution is 2.16. The van der Waals surface area contributed by atoms with Crippen LogP contribution in [0.5, 0.6) is 0 Å². The van der Waals surface area contributed by atoms with Gasteiger partial charge < -0.3 is 5.11 Å². The minimum atomic E-state index is -1.97. The summed E-state index contributed by atoms with van der Waals surface area (Å²) >= 11 is 0. The number of aliphatic hydroxyl groups excluding tert-OH is 1. The zero-order valence-electron chi connectivity index (χ0n) is 10.7. The fourth-order valence-corrected chi connectivity index (χ4v) is 3.94. The molecule has 0 aliphatic heterocycles. The van der Waals surface area contributed by atoms with E-state index >= 15 is 0 Å². The maximum atomic E-state index is 11.9. The van der Waals surface area contributed by atoms with Crippen molar-refractivity contribution in [2.45, 2.75) is 32.5 Å². The van der Waals surface area contributed by atoms with Gasteiger partial charge in [-0.15, -0.1) is 0 Å². The van der Waals surface area contributed by atoms with Crippen LogP contribution < -0.4 is 5.19 Å². The van der Waals surface area contributed by atoms with Crippen molar-refractivity contribution < 1.29 is 9.90 Å². The van der Waals surface area contributed by atoms with Crippen molar-refractivity contribution >= 4 is 19.0 Å². The summed E-state index contributed by atoms with van der Waals surface area (Å²) in [6.07, 6.45) is -0.429. The molecule has 0 heterocycles. The topological polar surface area (TPSA) is 37.3 Å². The van der Waals surface area contributed by atoms with Gasteiger partial charge in [0.15, 0.2) is 5.78 Å². The molecule has 0 saturated heterocycles. The van der Waals surface area contributed by atoms with Crippen LogP contribution in [0.25, 0.3) is 0 Å². The molecule has 1 rings (SSSR count). The van der Waals surface area contributed by atoms with E-state index in [0.717, 1.165) is 0 Å². The molecule has 17 heavy (non-hydrogen) atoms. The van der Waals surface area contributed by atoms with E-state index < -0.39 is 14.2 Å². The van der Waals surface area contributed by atoms with Gasteiger partial charge in [0, 0.05) is 6.42 Å². The summed E-state index contributed by atoms with van der Waals surface area (Å²) < 4.78 is 0. The first-order valence-electron chi connectivity index (χ1n) is 5.82. The normalized spacial score (nSPS) is 13.2. The summed E-state index contributed by atoms with van der Waals surface area (Å²) in [5.74, 6) is -0.0134. The number of aliphatic hydroxyl groups is 1. The molecule has 0 spiro atoms. The first-order valence-corrected chi connectivity index (χ1v) is 8.82. The summed E-state index contributed by atoms with van der Waals surface area (Å²) in [6, 6.07) is 10.0. The molecule has 0 aliphatic carbocycles. The average molecular weight is 248 g/mol. The van der Waals surface area contributed by atoms with Gasteiger partial charge in [-0.2, -0.15) is 0 Å². The van der Waals surface area contributed by atoms with E-state index in [-0.39, 0.29) is 12.2 Å². The molecule has 1 atom stereocenters. The molecule has 0 aromatic heterocycles. The highest BCUT2D eigenvalue weighted by Gasteiger charge is 2.31. The SMILES string of the molecule is C=C(C(=O)CC(C)O)[Si](C)(C)c1ccccc1. The minimum Gasteiger partial charge on any atom is -0.393 e. The molecule has 0 bridgehead atoms. The van der Waals surface area contributed by atoms with E-state index in [1.165, 1.54) is 5.19 Å². The number of carbonyl (C=O) groups is 1. The molecule has 0 aliphatic rings. The summed E-state index contributed by atoms with van der Waals surface area (Å²) in [5, 5.41) is 11.1. The minimum absolute atomic E-state index is 0.0134. The van der Waals surface area contributed by atoms with Gasteiger partial charge in [0.2, 0.25) is 0 Å². The highest BCUT2D eigenvalue weighted by atomic mass is 28.3. The number of benzene rings is 1. The Bertz CT molecular complexity index is 407. The quantitative estimate of drug-likeness (QED) is 0.639. The lowest BCUT2D eigenvalue weighted by molar-refractivity contribution is -0.116. The Kier molecular flexibility index (Phi) is 4.43.